The summed E-state index contributed by atoms with van der Waals surface area (Å²) in [5.74, 6) is -7.48. The molecule has 21 nitrogen and oxygen atoms in total. The molecule has 0 saturated carbocycles. The molecule has 24 heteroatoms. The predicted molar refractivity (Wildman–Crippen MR) is 404 cm³/mol. The van der Waals surface area contributed by atoms with Crippen LogP contribution in [0, 0.1) is 5.92 Å². The molecule has 0 aromatic heterocycles. The zero-order chi connectivity index (χ0) is 74.1. The lowest BCUT2D eigenvalue weighted by molar-refractivity contribution is -0.141. The first-order chi connectivity index (χ1) is 49.4. The second-order valence-corrected chi connectivity index (χ2v) is 31.0. The van der Waals surface area contributed by atoms with Gasteiger partial charge in [-0.1, -0.05) is 204 Å². The van der Waals surface area contributed by atoms with Gasteiger partial charge in [-0.2, -0.15) is 0 Å². The van der Waals surface area contributed by atoms with Crippen molar-refractivity contribution in [3.63, 3.8) is 0 Å². The van der Waals surface area contributed by atoms with E-state index in [0.717, 1.165) is 55.0 Å². The molecule has 2 aliphatic rings. The Morgan fingerprint density at radius 3 is 1.82 bits per heavy atom. The molecule has 11 N–H and O–H groups in total. The average Bonchev–Trinajstić information content (AvgIpc) is 1.20. The SMILES string of the molecule is C[C@@H](O)[C@@H](CO)NC(=O)[C@@H]1CSSC[C@H](NC(=O)[C@@H](Cc2ccccc2)NC(=O)CCSC(c2ccccc2)(c2ccccc2)c2ccccc2)C(=O)C[C@@H](Cc2ccccc2)C(=O)N[C@H](CC2=CCc3ccccc32)C(=O)N[C@@H](CCCCNC(=O)OC(C)(C)C)C(=O)N[C@@](C)([C@@H](C)O)C(=O)N1. The first kappa shape index (κ1) is 79.9. The maximum absolute atomic E-state index is 15.6. The van der Waals surface area contributed by atoms with E-state index in [4.69, 9.17) is 4.74 Å². The van der Waals surface area contributed by atoms with E-state index in [-0.39, 0.29) is 63.0 Å². The van der Waals surface area contributed by atoms with E-state index in [0.29, 0.717) is 23.3 Å². The number of alkyl carbamates (subject to hydrolysis) is 1. The van der Waals surface area contributed by atoms with Crippen molar-refractivity contribution in [3.8, 4) is 0 Å². The fourth-order valence-electron chi connectivity index (χ4n) is 12.2. The van der Waals surface area contributed by atoms with Crippen LogP contribution in [0.3, 0.4) is 0 Å². The maximum atomic E-state index is 15.6. The van der Waals surface area contributed by atoms with Gasteiger partial charge < -0.3 is 62.6 Å². The second-order valence-electron chi connectivity index (χ2n) is 27.1. The van der Waals surface area contributed by atoms with Gasteiger partial charge in [-0.3, -0.25) is 38.4 Å². The fourth-order valence-corrected chi connectivity index (χ4v) is 16.1. The number of unbranched alkanes of at least 4 members (excludes halogenated alkanes) is 1. The molecule has 1 aliphatic carbocycles. The van der Waals surface area contributed by atoms with Crippen LogP contribution in [0.15, 0.2) is 182 Å². The fraction of sp³-hybridized carbons (Fsp3) is 0.405. The molecule has 1 aliphatic heterocycles. The summed E-state index contributed by atoms with van der Waals surface area (Å²) in [4.78, 5) is 133. The lowest BCUT2D eigenvalue weighted by Crippen LogP contribution is -2.68. The van der Waals surface area contributed by atoms with E-state index < -0.39 is 137 Å². The number of amides is 8. The third-order valence-electron chi connectivity index (χ3n) is 18.2. The van der Waals surface area contributed by atoms with Gasteiger partial charge in [0.1, 0.15) is 35.3 Å². The van der Waals surface area contributed by atoms with Crippen molar-refractivity contribution >= 4 is 92.1 Å². The Bertz CT molecular complexity index is 3760. The molecule has 0 radical (unpaired) electrons. The van der Waals surface area contributed by atoms with Gasteiger partial charge in [-0.05, 0) is 118 Å². The number of carbonyl (C=O) groups is 9. The van der Waals surface area contributed by atoms with Crippen LogP contribution in [-0.2, 0) is 67.1 Å². The molecule has 1 heterocycles. The van der Waals surface area contributed by atoms with Crippen LogP contribution >= 0.6 is 33.3 Å². The standard InChI is InChI=1S/C79H96N8O13S3/c1-51(89)65(48-88)84-73(96)67-50-103-102-49-66(85-71(94)63(45-54-28-14-8-15-29-54)81-69(92)41-43-101-79(58-31-16-9-17-32-58,59-33-18-10-19-34-59)60-35-20-11-21-36-60)68(91)47-57(44-53-26-12-7-13-27-53)70(93)83-64(46-56-40-39-55-30-22-23-37-61(55)56)72(95)82-62(38-24-25-42-80-76(99)100-77(3,4)5)74(97)87-78(6,52(2)90)75(98)86-67/h7-23,26-37,40,51-52,57,62-67,88-90H,24-25,38-39,41-50H2,1-6H3,(H,80,99)(H,81,92)(H,82,95)(H,83,93)(H,84,96)(H,85,94)(H,86,98)(H,87,97)/t51-,52-,57-,62+,63-,64-,65-,66+,67+,78+/m1/s1. The normalized spacial score (nSPS) is 20.7. The van der Waals surface area contributed by atoms with Gasteiger partial charge in [0.05, 0.1) is 35.6 Å². The number of allylic oxidation sites excluding steroid dienone is 1. The highest BCUT2D eigenvalue weighted by Crippen LogP contribution is 2.48. The number of hydrogen-bond acceptors (Lipinski definition) is 16. The molecule has 6 aromatic carbocycles. The van der Waals surface area contributed by atoms with E-state index in [1.807, 2.05) is 115 Å². The molecular formula is C79H96N8O13S3. The van der Waals surface area contributed by atoms with E-state index in [2.05, 4.69) is 78.9 Å². The maximum Gasteiger partial charge on any atom is 0.407 e. The topological polar surface area (TPSA) is 320 Å². The van der Waals surface area contributed by atoms with E-state index in [1.54, 1.807) is 62.9 Å². The molecule has 6 aromatic rings. The number of ether oxygens (including phenoxy) is 1. The van der Waals surface area contributed by atoms with Crippen LogP contribution in [0.1, 0.15) is 119 Å². The highest BCUT2D eigenvalue weighted by Gasteiger charge is 2.44. The Balaban J connectivity index is 1.15. The van der Waals surface area contributed by atoms with Crippen molar-refractivity contribution < 1.29 is 63.2 Å². The van der Waals surface area contributed by atoms with Gasteiger partial charge in [-0.25, -0.2) is 4.79 Å². The van der Waals surface area contributed by atoms with Gasteiger partial charge >= 0.3 is 6.09 Å². The number of benzene rings is 6. The smallest absolute Gasteiger partial charge is 0.407 e. The van der Waals surface area contributed by atoms with Gasteiger partial charge in [0.2, 0.25) is 41.4 Å². The Labute approximate surface area is 615 Å². The summed E-state index contributed by atoms with van der Waals surface area (Å²) in [6.45, 7) is 8.42. The van der Waals surface area contributed by atoms with Crippen LogP contribution in [0.4, 0.5) is 4.79 Å². The lowest BCUT2D eigenvalue weighted by Gasteiger charge is -2.35. The predicted octanol–water partition coefficient (Wildman–Crippen LogP) is 7.82. The second kappa shape index (κ2) is 38.7. The summed E-state index contributed by atoms with van der Waals surface area (Å²) in [5, 5.41) is 54.7. The molecule has 0 spiro atoms. The number of nitrogens with one attached hydrogen (secondary N) is 8. The van der Waals surface area contributed by atoms with E-state index in [1.165, 1.54) is 20.8 Å². The summed E-state index contributed by atoms with van der Waals surface area (Å²) in [6.07, 6.45) is -1.31. The van der Waals surface area contributed by atoms with Crippen LogP contribution in [-0.4, -0.2) is 159 Å². The lowest BCUT2D eigenvalue weighted by atomic mass is 9.84. The molecular weight excluding hydrogens is 1370 g/mol. The van der Waals surface area contributed by atoms with Crippen molar-refractivity contribution in [3.05, 3.63) is 221 Å². The van der Waals surface area contributed by atoms with Gasteiger partial charge in [0.15, 0.2) is 5.78 Å². The average molecular weight is 1460 g/mol. The summed E-state index contributed by atoms with van der Waals surface area (Å²) < 4.78 is 4.65. The number of hydrogen-bond donors (Lipinski definition) is 11. The third-order valence-corrected chi connectivity index (χ3v) is 22.1. The highest BCUT2D eigenvalue weighted by atomic mass is 33.1. The van der Waals surface area contributed by atoms with Crippen LogP contribution < -0.4 is 42.5 Å². The summed E-state index contributed by atoms with van der Waals surface area (Å²) in [6, 6.07) is 47.6. The molecule has 8 rings (SSSR count). The minimum atomic E-state index is -2.23. The molecule has 10 atom stereocenters. The highest BCUT2D eigenvalue weighted by molar-refractivity contribution is 8.76. The van der Waals surface area contributed by atoms with Crippen LogP contribution in [0.5, 0.6) is 0 Å². The summed E-state index contributed by atoms with van der Waals surface area (Å²) in [7, 11) is 2.05. The van der Waals surface area contributed by atoms with Crippen molar-refractivity contribution in [2.24, 2.45) is 5.92 Å². The number of thioether (sulfide) groups is 1. The number of Topliss-reactive ketones (excluding diaryl/α,β-unsaturated/α-hetero) is 1. The third kappa shape index (κ3) is 23.1. The minimum Gasteiger partial charge on any atom is -0.444 e. The van der Waals surface area contributed by atoms with Crippen molar-refractivity contribution in [2.45, 2.75) is 164 Å². The van der Waals surface area contributed by atoms with E-state index in [9.17, 15) is 39.3 Å². The Hall–Kier alpha value is -8.78. The number of rotatable bonds is 26. The van der Waals surface area contributed by atoms with Crippen LogP contribution in [0.25, 0.3) is 5.57 Å². The molecule has 103 heavy (non-hydrogen) atoms. The Kier molecular flexibility index (Phi) is 30.0. The zero-order valence-electron chi connectivity index (χ0n) is 59.1. The quantitative estimate of drug-likeness (QED) is 0.0140. The number of carbonyl (C=O) groups excluding carboxylic acids is 9. The number of fused-ring (bicyclic) bond motifs is 1. The number of aliphatic hydroxyl groups excluding tert-OH is 3. The molecule has 1 saturated heterocycles. The molecule has 1 fully saturated rings. The van der Waals surface area contributed by atoms with Crippen LogP contribution in [0.2, 0.25) is 0 Å². The molecule has 548 valence electrons. The Morgan fingerprint density at radius 2 is 1.23 bits per heavy atom. The minimum absolute atomic E-state index is 0.00944. The zero-order valence-corrected chi connectivity index (χ0v) is 61.5. The van der Waals surface area contributed by atoms with Gasteiger partial charge in [0.25, 0.3) is 0 Å². The monoisotopic (exact) mass is 1460 g/mol. The Morgan fingerprint density at radius 1 is 0.670 bits per heavy atom. The van der Waals surface area contributed by atoms with Gasteiger partial charge in [0, 0.05) is 55.4 Å². The van der Waals surface area contributed by atoms with Crippen molar-refractivity contribution in [1.82, 2.24) is 42.5 Å². The van der Waals surface area contributed by atoms with Crippen molar-refractivity contribution in [1.29, 1.82) is 0 Å². The van der Waals surface area contributed by atoms with Gasteiger partial charge in [-0.15, -0.1) is 11.8 Å². The first-order valence-electron chi connectivity index (χ1n) is 34.9. The first-order valence-corrected chi connectivity index (χ1v) is 38.3. The molecule has 0 bridgehead atoms. The largest absolute Gasteiger partial charge is 0.444 e. The number of ketones is 1. The molecule has 8 amide bonds. The summed E-state index contributed by atoms with van der Waals surface area (Å²) >= 11 is 1.58. The van der Waals surface area contributed by atoms with E-state index >= 15 is 19.2 Å². The molecule has 0 unspecified atom stereocenters. The number of aliphatic hydroxyl groups is 3. The summed E-state index contributed by atoms with van der Waals surface area (Å²) in [5.41, 5.74) is 3.91. The van der Waals surface area contributed by atoms with Crippen molar-refractivity contribution in [2.75, 3.05) is 30.4 Å².